The van der Waals surface area contributed by atoms with Crippen LogP contribution in [0.5, 0.6) is 11.5 Å². The highest BCUT2D eigenvalue weighted by Crippen LogP contribution is 2.30. The predicted octanol–water partition coefficient (Wildman–Crippen LogP) is 3.95. The fourth-order valence-electron chi connectivity index (χ4n) is 2.85. The molecular weight excluding hydrogens is 328 g/mol. The summed E-state index contributed by atoms with van der Waals surface area (Å²) >= 11 is 0. The monoisotopic (exact) mass is 348 g/mol. The van der Waals surface area contributed by atoms with E-state index >= 15 is 0 Å². The summed E-state index contributed by atoms with van der Waals surface area (Å²) in [5.41, 5.74) is 2.55. The van der Waals surface area contributed by atoms with Crippen LogP contribution in [0.1, 0.15) is 25.0 Å². The van der Waals surface area contributed by atoms with E-state index in [0.717, 1.165) is 29.0 Å². The molecule has 5 nitrogen and oxygen atoms in total. The Kier molecular flexibility index (Phi) is 5.23. The second-order valence-corrected chi connectivity index (χ2v) is 6.08. The maximum absolute atomic E-state index is 12.4. The average Bonchev–Trinajstić information content (AvgIpc) is 3.00. The van der Waals surface area contributed by atoms with E-state index < -0.39 is 5.91 Å². The molecule has 1 aliphatic rings. The topological polar surface area (TPSA) is 71.3 Å². The van der Waals surface area contributed by atoms with Crippen molar-refractivity contribution in [3.05, 3.63) is 59.2 Å². The number of rotatable bonds is 5. The highest BCUT2D eigenvalue weighted by Gasteiger charge is 2.19. The number of benzene rings is 2. The second-order valence-electron chi connectivity index (χ2n) is 6.08. The lowest BCUT2D eigenvalue weighted by Gasteiger charge is -2.07. The predicted molar refractivity (Wildman–Crippen MR) is 100 cm³/mol. The van der Waals surface area contributed by atoms with Gasteiger partial charge in [-0.1, -0.05) is 6.07 Å². The van der Waals surface area contributed by atoms with Gasteiger partial charge in [0.15, 0.2) is 0 Å². The highest BCUT2D eigenvalue weighted by atomic mass is 16.5. The molecule has 2 aromatic carbocycles. The average molecular weight is 348 g/mol. The molecule has 0 bridgehead atoms. The molecule has 1 aliphatic heterocycles. The first-order valence-corrected chi connectivity index (χ1v) is 8.54. The van der Waals surface area contributed by atoms with Crippen LogP contribution in [0.2, 0.25) is 0 Å². The molecule has 3 rings (SSSR count). The van der Waals surface area contributed by atoms with Crippen molar-refractivity contribution in [3.8, 4) is 17.6 Å². The number of carbonyl (C=O) groups excluding carboxylic acids is 1. The van der Waals surface area contributed by atoms with Crippen molar-refractivity contribution >= 4 is 17.7 Å². The molecule has 0 spiro atoms. The van der Waals surface area contributed by atoms with Gasteiger partial charge in [-0.3, -0.25) is 4.79 Å². The molecule has 0 aliphatic carbocycles. The van der Waals surface area contributed by atoms with Crippen molar-refractivity contribution in [2.45, 2.75) is 26.4 Å². The summed E-state index contributed by atoms with van der Waals surface area (Å²) in [5, 5.41) is 12.1. The Labute approximate surface area is 152 Å². The van der Waals surface area contributed by atoms with Crippen molar-refractivity contribution < 1.29 is 14.3 Å². The molecule has 5 heteroatoms. The van der Waals surface area contributed by atoms with Crippen LogP contribution in [0.3, 0.4) is 0 Å². The number of carbonyl (C=O) groups is 1. The van der Waals surface area contributed by atoms with Crippen molar-refractivity contribution in [1.29, 1.82) is 5.26 Å². The lowest BCUT2D eigenvalue weighted by Crippen LogP contribution is -2.13. The number of hydrogen-bond donors (Lipinski definition) is 1. The number of fused-ring (bicyclic) bond motifs is 1. The standard InChI is InChI=1S/C21H20N2O3/c1-3-25-19-7-5-18(6-8-19)23-21(24)17(13-22)12-15-4-9-20-16(11-15)10-14(2)26-20/h4-9,11-12,14H,3,10H2,1-2H3,(H,23,24)/b17-12+/t14-/m1/s1. The normalized spacial score (nSPS) is 15.6. The number of anilines is 1. The van der Waals surface area contributed by atoms with Crippen LogP contribution in [0.25, 0.3) is 6.08 Å². The third-order valence-corrected chi connectivity index (χ3v) is 4.02. The quantitative estimate of drug-likeness (QED) is 0.656. The molecule has 1 amide bonds. The molecule has 0 saturated carbocycles. The van der Waals surface area contributed by atoms with E-state index in [1.165, 1.54) is 0 Å². The second kappa shape index (κ2) is 7.75. The Hall–Kier alpha value is -3.26. The van der Waals surface area contributed by atoms with Gasteiger partial charge in [-0.25, -0.2) is 0 Å². The maximum atomic E-state index is 12.4. The summed E-state index contributed by atoms with van der Waals surface area (Å²) in [6.45, 7) is 4.50. The molecule has 2 aromatic rings. The van der Waals surface area contributed by atoms with E-state index in [9.17, 15) is 10.1 Å². The van der Waals surface area contributed by atoms with Gasteiger partial charge >= 0.3 is 0 Å². The van der Waals surface area contributed by atoms with Gasteiger partial charge in [0.05, 0.1) is 6.61 Å². The smallest absolute Gasteiger partial charge is 0.266 e. The van der Waals surface area contributed by atoms with Crippen LogP contribution in [0.15, 0.2) is 48.0 Å². The first-order chi connectivity index (χ1) is 12.6. The van der Waals surface area contributed by atoms with Gasteiger partial charge < -0.3 is 14.8 Å². The maximum Gasteiger partial charge on any atom is 0.266 e. The Balaban J connectivity index is 1.74. The molecule has 132 valence electrons. The fraction of sp³-hybridized carbons (Fsp3) is 0.238. The van der Waals surface area contributed by atoms with Gasteiger partial charge in [0.2, 0.25) is 0 Å². The van der Waals surface area contributed by atoms with E-state index in [0.29, 0.717) is 12.3 Å². The Morgan fingerprint density at radius 3 is 2.81 bits per heavy atom. The largest absolute Gasteiger partial charge is 0.494 e. The van der Waals surface area contributed by atoms with Gasteiger partial charge in [-0.2, -0.15) is 5.26 Å². The Morgan fingerprint density at radius 2 is 2.12 bits per heavy atom. The van der Waals surface area contributed by atoms with Crippen LogP contribution in [0.4, 0.5) is 5.69 Å². The van der Waals surface area contributed by atoms with Crippen molar-refractivity contribution in [3.63, 3.8) is 0 Å². The molecule has 0 saturated heterocycles. The van der Waals surface area contributed by atoms with Crippen LogP contribution in [0, 0.1) is 11.3 Å². The van der Waals surface area contributed by atoms with Crippen LogP contribution >= 0.6 is 0 Å². The first-order valence-electron chi connectivity index (χ1n) is 8.54. The van der Waals surface area contributed by atoms with Gasteiger partial charge in [0.1, 0.15) is 29.2 Å². The number of amides is 1. The zero-order valence-electron chi connectivity index (χ0n) is 14.8. The Bertz CT molecular complexity index is 879. The third-order valence-electron chi connectivity index (χ3n) is 4.02. The summed E-state index contributed by atoms with van der Waals surface area (Å²) in [5.74, 6) is 1.16. The first kappa shape index (κ1) is 17.6. The molecule has 0 fully saturated rings. The van der Waals surface area contributed by atoms with Crippen LogP contribution in [-0.4, -0.2) is 18.6 Å². The minimum atomic E-state index is -0.443. The zero-order valence-corrected chi connectivity index (χ0v) is 14.8. The molecule has 1 atom stereocenters. The van der Waals surface area contributed by atoms with Crippen LogP contribution in [-0.2, 0) is 11.2 Å². The zero-order chi connectivity index (χ0) is 18.5. The van der Waals surface area contributed by atoms with Crippen molar-refractivity contribution in [2.24, 2.45) is 0 Å². The molecule has 26 heavy (non-hydrogen) atoms. The minimum Gasteiger partial charge on any atom is -0.494 e. The van der Waals surface area contributed by atoms with Gasteiger partial charge in [-0.15, -0.1) is 0 Å². The van der Waals surface area contributed by atoms with Crippen molar-refractivity contribution in [2.75, 3.05) is 11.9 Å². The highest BCUT2D eigenvalue weighted by molar-refractivity contribution is 6.09. The molecular formula is C21H20N2O3. The lowest BCUT2D eigenvalue weighted by atomic mass is 10.0. The van der Waals surface area contributed by atoms with Crippen molar-refractivity contribution in [1.82, 2.24) is 0 Å². The number of nitrogens with zero attached hydrogens (tertiary/aromatic N) is 1. The molecule has 1 heterocycles. The minimum absolute atomic E-state index is 0.0470. The number of ether oxygens (including phenoxy) is 2. The van der Waals surface area contributed by atoms with Crippen LogP contribution < -0.4 is 14.8 Å². The summed E-state index contributed by atoms with van der Waals surface area (Å²) in [4.78, 5) is 12.4. The number of nitriles is 1. The SMILES string of the molecule is CCOc1ccc(NC(=O)/C(C#N)=C/c2ccc3c(c2)C[C@@H](C)O3)cc1. The summed E-state index contributed by atoms with van der Waals surface area (Å²) in [7, 11) is 0. The lowest BCUT2D eigenvalue weighted by molar-refractivity contribution is -0.112. The summed E-state index contributed by atoms with van der Waals surface area (Å²) in [6, 6.07) is 14.7. The molecule has 0 radical (unpaired) electrons. The Morgan fingerprint density at radius 1 is 1.35 bits per heavy atom. The van der Waals surface area contributed by atoms with Gasteiger partial charge in [0.25, 0.3) is 5.91 Å². The van der Waals surface area contributed by atoms with E-state index in [4.69, 9.17) is 9.47 Å². The number of nitrogens with one attached hydrogen (secondary N) is 1. The molecule has 0 unspecified atom stereocenters. The van der Waals surface area contributed by atoms with Gasteiger partial charge in [0, 0.05) is 12.1 Å². The van der Waals surface area contributed by atoms with E-state index in [1.54, 1.807) is 30.3 Å². The van der Waals surface area contributed by atoms with E-state index in [2.05, 4.69) is 5.32 Å². The molecule has 1 N–H and O–H groups in total. The fourth-order valence-corrected chi connectivity index (χ4v) is 2.85. The van der Waals surface area contributed by atoms with E-state index in [1.807, 2.05) is 38.1 Å². The molecule has 0 aromatic heterocycles. The number of hydrogen-bond acceptors (Lipinski definition) is 4. The third kappa shape index (κ3) is 4.04. The summed E-state index contributed by atoms with van der Waals surface area (Å²) < 4.78 is 11.0. The summed E-state index contributed by atoms with van der Waals surface area (Å²) in [6.07, 6.45) is 2.58. The van der Waals surface area contributed by atoms with E-state index in [-0.39, 0.29) is 11.7 Å². The van der Waals surface area contributed by atoms with Gasteiger partial charge in [-0.05, 0) is 67.4 Å².